The molecule has 2 atom stereocenters. The first-order chi connectivity index (χ1) is 21.7. The van der Waals surface area contributed by atoms with Gasteiger partial charge in [-0.25, -0.2) is 8.42 Å². The zero-order valence-corrected chi connectivity index (χ0v) is 31.5. The molecule has 0 spiro atoms. The fraction of sp³-hybridized carbons (Fsp3) is 0.632. The van der Waals surface area contributed by atoms with E-state index in [4.69, 9.17) is 9.47 Å². The number of sulfone groups is 1. The van der Waals surface area contributed by atoms with Crippen molar-refractivity contribution in [1.82, 2.24) is 0 Å². The number of ether oxygens (including phenoxy) is 2. The molecule has 2 unspecified atom stereocenters. The number of rotatable bonds is 16. The molecule has 0 aliphatic heterocycles. The lowest BCUT2D eigenvalue weighted by Gasteiger charge is -2.27. The number of esters is 2. The van der Waals surface area contributed by atoms with E-state index >= 15 is 0 Å². The summed E-state index contributed by atoms with van der Waals surface area (Å²) in [6.07, 6.45) is 1.36. The molecule has 0 fully saturated rings. The maximum atomic E-state index is 13.7. The van der Waals surface area contributed by atoms with Gasteiger partial charge < -0.3 is 19.7 Å². The number of aromatic hydroxyl groups is 2. The SMILES string of the molecule is CCC(CC(=O)OCc1c(C)cc(C(C)(C)CC)c(O)c1C)S(=O)(=O)C(CC)CC(=O)OCc1c(C)cc(C(C)(C)CC)c(O)c1C. The number of hydrogen-bond donors (Lipinski definition) is 2. The Morgan fingerprint density at radius 1 is 0.681 bits per heavy atom. The van der Waals surface area contributed by atoms with Crippen molar-refractivity contribution in [2.75, 3.05) is 0 Å². The Labute approximate surface area is 283 Å². The van der Waals surface area contributed by atoms with Gasteiger partial charge in [0.15, 0.2) is 9.84 Å². The van der Waals surface area contributed by atoms with Gasteiger partial charge in [0.1, 0.15) is 24.7 Å². The van der Waals surface area contributed by atoms with Crippen LogP contribution in [-0.2, 0) is 52.9 Å². The first-order valence-corrected chi connectivity index (χ1v) is 18.5. The van der Waals surface area contributed by atoms with Crippen molar-refractivity contribution >= 4 is 21.8 Å². The van der Waals surface area contributed by atoms with E-state index in [1.807, 2.05) is 26.0 Å². The second-order valence-corrected chi connectivity index (χ2v) is 16.8. The van der Waals surface area contributed by atoms with E-state index in [-0.39, 0.29) is 61.2 Å². The molecule has 0 amide bonds. The van der Waals surface area contributed by atoms with Crippen molar-refractivity contribution in [1.29, 1.82) is 0 Å². The summed E-state index contributed by atoms with van der Waals surface area (Å²) in [7, 11) is -3.90. The number of hydrogen-bond acceptors (Lipinski definition) is 8. The van der Waals surface area contributed by atoms with E-state index in [0.29, 0.717) is 22.3 Å². The molecular formula is C38H58O8S. The van der Waals surface area contributed by atoms with Gasteiger partial charge in [-0.2, -0.15) is 0 Å². The van der Waals surface area contributed by atoms with E-state index in [2.05, 4.69) is 41.5 Å². The zero-order chi connectivity index (χ0) is 36.1. The lowest BCUT2D eigenvalue weighted by atomic mass is 9.79. The van der Waals surface area contributed by atoms with Crippen LogP contribution in [0.1, 0.15) is 138 Å². The van der Waals surface area contributed by atoms with Crippen LogP contribution >= 0.6 is 0 Å². The molecule has 2 aromatic rings. The Morgan fingerprint density at radius 3 is 1.28 bits per heavy atom. The molecule has 0 saturated carbocycles. The standard InChI is InChI=1S/C38H58O8S/c1-13-27(19-33(39)45-21-29-23(5)17-31(35(41)25(29)7)37(9,10)15-3)47(43,44)28(14-2)20-34(40)46-22-30-24(6)18-32(36(42)26(30)8)38(11,12)16-4/h17-18,27-28,41-42H,13-16,19-22H2,1-12H3. The zero-order valence-electron chi connectivity index (χ0n) is 30.7. The second kappa shape index (κ2) is 15.9. The van der Waals surface area contributed by atoms with Crippen LogP contribution < -0.4 is 0 Å². The van der Waals surface area contributed by atoms with Crippen molar-refractivity contribution in [2.24, 2.45) is 0 Å². The summed E-state index contributed by atoms with van der Waals surface area (Å²) in [5.74, 6) is -0.955. The highest BCUT2D eigenvalue weighted by Crippen LogP contribution is 2.40. The van der Waals surface area contributed by atoms with Gasteiger partial charge in [-0.15, -0.1) is 0 Å². The highest BCUT2D eigenvalue weighted by Gasteiger charge is 2.36. The molecule has 9 heteroatoms. The minimum absolute atomic E-state index is 0.0811. The minimum Gasteiger partial charge on any atom is -0.507 e. The average Bonchev–Trinajstić information content (AvgIpc) is 3.01. The highest BCUT2D eigenvalue weighted by atomic mass is 32.2. The van der Waals surface area contributed by atoms with E-state index < -0.39 is 32.3 Å². The Hall–Kier alpha value is -3.07. The molecule has 264 valence electrons. The smallest absolute Gasteiger partial charge is 0.307 e. The summed E-state index contributed by atoms with van der Waals surface area (Å²) in [6, 6.07) is 3.85. The number of phenolic OH excluding ortho intramolecular Hbond substituents is 2. The molecule has 8 nitrogen and oxygen atoms in total. The Balaban J connectivity index is 2.12. The number of benzene rings is 2. The largest absolute Gasteiger partial charge is 0.507 e. The van der Waals surface area contributed by atoms with Crippen molar-refractivity contribution in [3.05, 3.63) is 56.6 Å². The van der Waals surface area contributed by atoms with Crippen molar-refractivity contribution < 1.29 is 37.7 Å². The third-order valence-electron chi connectivity index (χ3n) is 10.4. The van der Waals surface area contributed by atoms with Gasteiger partial charge in [-0.05, 0) is 97.6 Å². The van der Waals surface area contributed by atoms with Crippen molar-refractivity contribution in [3.63, 3.8) is 0 Å². The first-order valence-electron chi connectivity index (χ1n) is 16.9. The molecule has 2 aromatic carbocycles. The normalized spacial score (nSPS) is 13.7. The summed E-state index contributed by atoms with van der Waals surface area (Å²) < 4.78 is 38.4. The van der Waals surface area contributed by atoms with Gasteiger partial charge >= 0.3 is 11.9 Å². The fourth-order valence-corrected chi connectivity index (χ4v) is 8.15. The molecule has 0 bridgehead atoms. The molecule has 2 rings (SSSR count). The Bertz CT molecular complexity index is 1440. The number of carbonyl (C=O) groups excluding carboxylic acids is 2. The fourth-order valence-electron chi connectivity index (χ4n) is 5.93. The summed E-state index contributed by atoms with van der Waals surface area (Å²) in [6.45, 7) is 23.0. The molecular weight excluding hydrogens is 616 g/mol. The predicted octanol–water partition coefficient (Wildman–Crippen LogP) is 8.25. The molecule has 0 saturated heterocycles. The number of phenols is 2. The molecule has 0 heterocycles. The predicted molar refractivity (Wildman–Crippen MR) is 188 cm³/mol. The van der Waals surface area contributed by atoms with Crippen LogP contribution in [0.15, 0.2) is 12.1 Å². The van der Waals surface area contributed by atoms with E-state index in [1.54, 1.807) is 27.7 Å². The first kappa shape index (κ1) is 40.1. The third-order valence-corrected chi connectivity index (χ3v) is 13.3. The van der Waals surface area contributed by atoms with Crippen LogP contribution in [0.5, 0.6) is 11.5 Å². The van der Waals surface area contributed by atoms with Crippen LogP contribution in [-0.4, -0.2) is 41.1 Å². The van der Waals surface area contributed by atoms with Gasteiger partial charge in [-0.1, -0.05) is 67.5 Å². The maximum Gasteiger partial charge on any atom is 0.307 e. The van der Waals surface area contributed by atoms with Gasteiger partial charge in [0, 0.05) is 11.1 Å². The van der Waals surface area contributed by atoms with Crippen molar-refractivity contribution in [2.45, 2.75) is 156 Å². The van der Waals surface area contributed by atoms with Gasteiger partial charge in [-0.3, -0.25) is 9.59 Å². The van der Waals surface area contributed by atoms with Crippen LogP contribution in [0.25, 0.3) is 0 Å². The number of aryl methyl sites for hydroxylation is 2. The molecule has 0 aliphatic carbocycles. The highest BCUT2D eigenvalue weighted by molar-refractivity contribution is 7.92. The van der Waals surface area contributed by atoms with Crippen LogP contribution in [0.3, 0.4) is 0 Å². The summed E-state index contributed by atoms with van der Waals surface area (Å²) >= 11 is 0. The third kappa shape index (κ3) is 9.09. The molecule has 0 radical (unpaired) electrons. The van der Waals surface area contributed by atoms with Gasteiger partial charge in [0.25, 0.3) is 0 Å². The van der Waals surface area contributed by atoms with E-state index in [1.165, 1.54) is 0 Å². The number of carbonyl (C=O) groups is 2. The molecule has 0 aromatic heterocycles. The topological polar surface area (TPSA) is 127 Å². The van der Waals surface area contributed by atoms with E-state index in [0.717, 1.165) is 35.1 Å². The Morgan fingerprint density at radius 2 is 1.00 bits per heavy atom. The van der Waals surface area contributed by atoms with Crippen LogP contribution in [0.2, 0.25) is 0 Å². The molecule has 2 N–H and O–H groups in total. The second-order valence-electron chi connectivity index (χ2n) is 14.2. The average molecular weight is 675 g/mol. The lowest BCUT2D eigenvalue weighted by molar-refractivity contribution is -0.145. The summed E-state index contributed by atoms with van der Waals surface area (Å²) in [5, 5.41) is 19.8. The van der Waals surface area contributed by atoms with Gasteiger partial charge in [0.05, 0.1) is 23.3 Å². The molecule has 47 heavy (non-hydrogen) atoms. The molecule has 0 aliphatic rings. The Kier molecular flexibility index (Phi) is 13.6. The monoisotopic (exact) mass is 674 g/mol. The van der Waals surface area contributed by atoms with Crippen LogP contribution in [0, 0.1) is 27.7 Å². The van der Waals surface area contributed by atoms with Gasteiger partial charge in [0.2, 0.25) is 0 Å². The van der Waals surface area contributed by atoms with E-state index in [9.17, 15) is 28.2 Å². The van der Waals surface area contributed by atoms with Crippen LogP contribution in [0.4, 0.5) is 0 Å². The minimum atomic E-state index is -3.90. The maximum absolute atomic E-state index is 13.7. The quantitative estimate of drug-likeness (QED) is 0.171. The lowest BCUT2D eigenvalue weighted by Crippen LogP contribution is -2.35. The van der Waals surface area contributed by atoms with Crippen molar-refractivity contribution in [3.8, 4) is 11.5 Å². The summed E-state index contributed by atoms with van der Waals surface area (Å²) in [4.78, 5) is 25.9. The summed E-state index contributed by atoms with van der Waals surface area (Å²) in [5.41, 5.74) is 5.66.